The summed E-state index contributed by atoms with van der Waals surface area (Å²) < 4.78 is 5.13. The number of para-hydroxylation sites is 1. The van der Waals surface area contributed by atoms with Crippen LogP contribution in [0, 0.1) is 0 Å². The number of nitrogens with zero attached hydrogens (tertiary/aromatic N) is 2. The zero-order valence-corrected chi connectivity index (χ0v) is 17.1. The summed E-state index contributed by atoms with van der Waals surface area (Å²) in [6, 6.07) is 18.0. The maximum Gasteiger partial charge on any atom is 0.193 e. The molecule has 0 spiro atoms. The second kappa shape index (κ2) is 11.6. The molecule has 5 nitrogen and oxygen atoms in total. The predicted molar refractivity (Wildman–Crippen MR) is 117 cm³/mol. The largest absolute Gasteiger partial charge is 0.497 e. The number of nitrogens with two attached hydrogens (primary N) is 1. The van der Waals surface area contributed by atoms with Crippen molar-refractivity contribution in [3.63, 3.8) is 0 Å². The van der Waals surface area contributed by atoms with Crippen LogP contribution in [0.5, 0.6) is 5.75 Å². The van der Waals surface area contributed by atoms with Crippen LogP contribution in [0.25, 0.3) is 0 Å². The van der Waals surface area contributed by atoms with Crippen LogP contribution in [0.2, 0.25) is 0 Å². The van der Waals surface area contributed by atoms with Gasteiger partial charge in [-0.2, -0.15) is 0 Å². The van der Waals surface area contributed by atoms with Gasteiger partial charge in [0.15, 0.2) is 5.96 Å². The van der Waals surface area contributed by atoms with Gasteiger partial charge in [0.05, 0.1) is 7.11 Å². The number of hydrogen-bond donors (Lipinski definition) is 2. The van der Waals surface area contributed by atoms with Crippen LogP contribution in [-0.4, -0.2) is 32.7 Å². The van der Waals surface area contributed by atoms with E-state index >= 15 is 0 Å². The minimum atomic E-state index is 0. The summed E-state index contributed by atoms with van der Waals surface area (Å²) >= 11 is 0. The van der Waals surface area contributed by atoms with Crippen molar-refractivity contribution in [2.24, 2.45) is 10.7 Å². The van der Waals surface area contributed by atoms with E-state index < -0.39 is 0 Å². The fraction of sp³-hybridized carbons (Fsp3) is 0.316. The second-order valence-corrected chi connectivity index (χ2v) is 5.39. The maximum atomic E-state index is 5.93. The molecule has 0 fully saturated rings. The Morgan fingerprint density at radius 2 is 1.80 bits per heavy atom. The fourth-order valence-electron chi connectivity index (χ4n) is 2.43. The summed E-state index contributed by atoms with van der Waals surface area (Å²) in [5, 5.41) is 3.09. The Morgan fingerprint density at radius 3 is 2.40 bits per heavy atom. The van der Waals surface area contributed by atoms with Gasteiger partial charge < -0.3 is 20.7 Å². The van der Waals surface area contributed by atoms with E-state index in [9.17, 15) is 0 Å². The number of guanidine groups is 1. The van der Waals surface area contributed by atoms with Crippen molar-refractivity contribution in [2.45, 2.75) is 13.3 Å². The quantitative estimate of drug-likeness (QED) is 0.275. The first-order chi connectivity index (χ1) is 11.7. The van der Waals surface area contributed by atoms with Crippen molar-refractivity contribution in [1.82, 2.24) is 0 Å². The van der Waals surface area contributed by atoms with E-state index in [0.717, 1.165) is 30.9 Å². The smallest absolute Gasteiger partial charge is 0.193 e. The van der Waals surface area contributed by atoms with Crippen LogP contribution in [-0.2, 0) is 0 Å². The minimum absolute atomic E-state index is 0. The van der Waals surface area contributed by atoms with Gasteiger partial charge in [-0.25, -0.2) is 0 Å². The zero-order valence-electron chi connectivity index (χ0n) is 14.8. The van der Waals surface area contributed by atoms with Crippen molar-refractivity contribution in [3.8, 4) is 5.75 Å². The molecule has 0 saturated heterocycles. The Labute approximate surface area is 167 Å². The van der Waals surface area contributed by atoms with Crippen molar-refractivity contribution in [3.05, 3.63) is 54.6 Å². The van der Waals surface area contributed by atoms with Gasteiger partial charge in [-0.15, -0.1) is 24.0 Å². The molecule has 2 aromatic carbocycles. The van der Waals surface area contributed by atoms with Gasteiger partial charge in [-0.1, -0.05) is 18.2 Å². The first-order valence-corrected chi connectivity index (χ1v) is 8.24. The Hall–Kier alpha value is -1.96. The first-order valence-electron chi connectivity index (χ1n) is 8.24. The highest BCUT2D eigenvalue weighted by molar-refractivity contribution is 14.0. The van der Waals surface area contributed by atoms with Gasteiger partial charge in [0.1, 0.15) is 5.75 Å². The molecule has 3 N–H and O–H groups in total. The van der Waals surface area contributed by atoms with Crippen molar-refractivity contribution in [2.75, 3.05) is 37.0 Å². The molecule has 2 rings (SSSR count). The van der Waals surface area contributed by atoms with Gasteiger partial charge in [-0.05, 0) is 49.7 Å². The number of benzene rings is 2. The molecular weight excluding hydrogens is 427 g/mol. The Morgan fingerprint density at radius 1 is 1.12 bits per heavy atom. The molecule has 0 saturated carbocycles. The maximum absolute atomic E-state index is 5.93. The molecule has 2 aromatic rings. The molecular formula is C19H27IN4O. The van der Waals surface area contributed by atoms with E-state index in [0.29, 0.717) is 12.5 Å². The van der Waals surface area contributed by atoms with Crippen LogP contribution in [0.15, 0.2) is 59.6 Å². The summed E-state index contributed by atoms with van der Waals surface area (Å²) in [6.07, 6.45) is 0.952. The molecule has 6 heteroatoms. The average Bonchev–Trinajstić information content (AvgIpc) is 2.63. The Kier molecular flexibility index (Phi) is 9.76. The number of nitrogens with one attached hydrogen (secondary N) is 1. The van der Waals surface area contributed by atoms with Gasteiger partial charge in [-0.3, -0.25) is 4.99 Å². The molecule has 0 unspecified atom stereocenters. The number of rotatable bonds is 8. The number of ether oxygens (including phenoxy) is 1. The third-order valence-electron chi connectivity index (χ3n) is 3.73. The number of aliphatic imine (C=N–C) groups is 1. The molecule has 0 aliphatic rings. The third-order valence-corrected chi connectivity index (χ3v) is 3.73. The summed E-state index contributed by atoms with van der Waals surface area (Å²) in [6.45, 7) is 4.79. The highest BCUT2D eigenvalue weighted by Gasteiger charge is 2.02. The van der Waals surface area contributed by atoms with Gasteiger partial charge >= 0.3 is 0 Å². The normalized spacial score (nSPS) is 10.7. The predicted octanol–water partition coefficient (Wildman–Crippen LogP) is 3.96. The lowest BCUT2D eigenvalue weighted by atomic mass is 10.2. The van der Waals surface area contributed by atoms with Crippen LogP contribution in [0.4, 0.5) is 11.4 Å². The standard InChI is InChI=1S/C19H26N4O.HI/c1-3-23(17-8-5-4-6-9-17)15-7-14-21-19(20)22-16-10-12-18(24-2)13-11-16;/h4-6,8-13H,3,7,14-15H2,1-2H3,(H3,20,21,22);1H. The Balaban J connectivity index is 0.00000312. The molecule has 0 heterocycles. The van der Waals surface area contributed by atoms with E-state index in [2.05, 4.69) is 46.4 Å². The summed E-state index contributed by atoms with van der Waals surface area (Å²) in [5.41, 5.74) is 8.07. The zero-order chi connectivity index (χ0) is 17.2. The molecule has 25 heavy (non-hydrogen) atoms. The summed E-state index contributed by atoms with van der Waals surface area (Å²) in [5.74, 6) is 1.25. The molecule has 0 aliphatic heterocycles. The van der Waals surface area contributed by atoms with E-state index in [1.807, 2.05) is 30.3 Å². The van der Waals surface area contributed by atoms with Crippen molar-refractivity contribution in [1.29, 1.82) is 0 Å². The highest BCUT2D eigenvalue weighted by Crippen LogP contribution is 2.15. The molecule has 0 bridgehead atoms. The molecule has 0 aliphatic carbocycles. The Bertz CT molecular complexity index is 632. The van der Waals surface area contributed by atoms with Crippen LogP contribution in [0.1, 0.15) is 13.3 Å². The monoisotopic (exact) mass is 454 g/mol. The van der Waals surface area contributed by atoms with E-state index in [1.165, 1.54) is 5.69 Å². The number of hydrogen-bond acceptors (Lipinski definition) is 3. The van der Waals surface area contributed by atoms with Gasteiger partial charge in [0, 0.05) is 31.0 Å². The lowest BCUT2D eigenvalue weighted by Crippen LogP contribution is -2.26. The van der Waals surface area contributed by atoms with Crippen LogP contribution < -0.4 is 20.7 Å². The van der Waals surface area contributed by atoms with Crippen LogP contribution in [0.3, 0.4) is 0 Å². The molecule has 0 aromatic heterocycles. The number of halogens is 1. The fourth-order valence-corrected chi connectivity index (χ4v) is 2.43. The van der Waals surface area contributed by atoms with E-state index in [4.69, 9.17) is 10.5 Å². The van der Waals surface area contributed by atoms with Gasteiger partial charge in [0.25, 0.3) is 0 Å². The van der Waals surface area contributed by atoms with E-state index in [-0.39, 0.29) is 24.0 Å². The number of methoxy groups -OCH3 is 1. The van der Waals surface area contributed by atoms with Crippen molar-refractivity contribution < 1.29 is 4.74 Å². The minimum Gasteiger partial charge on any atom is -0.497 e. The highest BCUT2D eigenvalue weighted by atomic mass is 127. The van der Waals surface area contributed by atoms with Gasteiger partial charge in [0.2, 0.25) is 0 Å². The second-order valence-electron chi connectivity index (χ2n) is 5.39. The molecule has 136 valence electrons. The summed E-state index contributed by atoms with van der Waals surface area (Å²) in [4.78, 5) is 6.72. The SMILES string of the molecule is CCN(CCCN=C(N)Nc1ccc(OC)cc1)c1ccccc1.I. The molecule has 0 amide bonds. The third kappa shape index (κ3) is 7.21. The molecule has 0 radical (unpaired) electrons. The molecule has 0 atom stereocenters. The van der Waals surface area contributed by atoms with Crippen molar-refractivity contribution >= 4 is 41.3 Å². The average molecular weight is 454 g/mol. The topological polar surface area (TPSA) is 62.9 Å². The summed E-state index contributed by atoms with van der Waals surface area (Å²) in [7, 11) is 1.65. The first kappa shape index (κ1) is 21.1. The van der Waals surface area contributed by atoms with E-state index in [1.54, 1.807) is 7.11 Å². The van der Waals surface area contributed by atoms with Crippen LogP contribution >= 0.6 is 24.0 Å². The number of anilines is 2. The lowest BCUT2D eigenvalue weighted by Gasteiger charge is -2.22. The lowest BCUT2D eigenvalue weighted by molar-refractivity contribution is 0.415.